The van der Waals surface area contributed by atoms with Gasteiger partial charge in [-0.3, -0.25) is 4.79 Å². The minimum absolute atomic E-state index is 0.0238. The maximum Gasteiger partial charge on any atom is 0.410 e. The lowest BCUT2D eigenvalue weighted by atomic mass is 10.0. The van der Waals surface area contributed by atoms with Crippen LogP contribution < -0.4 is 0 Å². The molecule has 1 saturated carbocycles. The maximum absolute atomic E-state index is 14.7. The fourth-order valence-corrected chi connectivity index (χ4v) is 3.98. The van der Waals surface area contributed by atoms with E-state index in [1.807, 2.05) is 25.7 Å². The highest BCUT2D eigenvalue weighted by Gasteiger charge is 2.40. The molecule has 0 unspecified atom stereocenters. The van der Waals surface area contributed by atoms with Gasteiger partial charge in [0.1, 0.15) is 11.4 Å². The van der Waals surface area contributed by atoms with Crippen molar-refractivity contribution in [2.24, 2.45) is 0 Å². The van der Waals surface area contributed by atoms with Crippen molar-refractivity contribution in [2.75, 3.05) is 13.1 Å². The monoisotopic (exact) mass is 429 g/mol. The van der Waals surface area contributed by atoms with Crippen molar-refractivity contribution >= 4 is 12.0 Å². The number of carbonyl (C=O) groups excluding carboxylic acids is 2. The average Bonchev–Trinajstić information content (AvgIpc) is 3.39. The van der Waals surface area contributed by atoms with Crippen molar-refractivity contribution in [2.45, 2.75) is 64.1 Å². The summed E-state index contributed by atoms with van der Waals surface area (Å²) in [4.78, 5) is 33.0. The lowest BCUT2D eigenvalue weighted by Gasteiger charge is -2.39. The van der Waals surface area contributed by atoms with Gasteiger partial charge >= 0.3 is 6.09 Å². The molecule has 0 radical (unpaired) electrons. The van der Waals surface area contributed by atoms with Crippen LogP contribution in [0.5, 0.6) is 0 Å². The molecule has 0 N–H and O–H groups in total. The third kappa shape index (κ3) is 4.89. The Hall–Kier alpha value is -2.90. The van der Waals surface area contributed by atoms with Gasteiger partial charge in [0.05, 0.1) is 11.8 Å². The third-order valence-corrected chi connectivity index (χ3v) is 5.60. The second kappa shape index (κ2) is 8.32. The Morgan fingerprint density at radius 1 is 1.16 bits per heavy atom. The molecule has 8 heteroatoms. The van der Waals surface area contributed by atoms with E-state index in [0.717, 1.165) is 12.8 Å². The van der Waals surface area contributed by atoms with Crippen LogP contribution in [-0.2, 0) is 4.74 Å². The SMILES string of the molecule is CC(C)(C)OC(=O)N1CCC(N(C(=O)c2ccc(-c3cnco3)c(F)c2)C2CC2)CC1. The summed E-state index contributed by atoms with van der Waals surface area (Å²) in [5, 5.41) is 0. The highest BCUT2D eigenvalue weighted by molar-refractivity contribution is 5.95. The van der Waals surface area contributed by atoms with Crippen LogP contribution in [0.2, 0.25) is 0 Å². The number of carbonyl (C=O) groups is 2. The van der Waals surface area contributed by atoms with Gasteiger partial charge < -0.3 is 19.0 Å². The number of ether oxygens (including phenoxy) is 1. The van der Waals surface area contributed by atoms with E-state index in [2.05, 4.69) is 4.98 Å². The lowest BCUT2D eigenvalue weighted by Crippen LogP contribution is -2.50. The molecule has 1 saturated heterocycles. The summed E-state index contributed by atoms with van der Waals surface area (Å²) in [7, 11) is 0. The van der Waals surface area contributed by atoms with E-state index >= 15 is 0 Å². The minimum atomic E-state index is -0.536. The zero-order valence-electron chi connectivity index (χ0n) is 18.1. The number of oxazole rings is 1. The number of halogens is 1. The molecule has 0 atom stereocenters. The molecular weight excluding hydrogens is 401 g/mol. The van der Waals surface area contributed by atoms with Crippen molar-refractivity contribution in [3.63, 3.8) is 0 Å². The summed E-state index contributed by atoms with van der Waals surface area (Å²) < 4.78 is 25.3. The first-order chi connectivity index (χ1) is 14.7. The van der Waals surface area contributed by atoms with Crippen molar-refractivity contribution in [3.8, 4) is 11.3 Å². The van der Waals surface area contributed by atoms with E-state index in [-0.39, 0.29) is 29.6 Å². The molecule has 1 aromatic heterocycles. The number of likely N-dealkylation sites (tertiary alicyclic amines) is 1. The minimum Gasteiger partial charge on any atom is -0.444 e. The molecular formula is C23H28FN3O4. The standard InChI is InChI=1S/C23H28FN3O4/c1-23(2,3)31-22(29)26-10-8-17(9-11-26)27(16-5-6-16)21(28)15-4-7-18(19(24)12-15)20-13-25-14-30-20/h4,7,12-14,16-17H,5-6,8-11H2,1-3H3. The molecule has 166 valence electrons. The van der Waals surface area contributed by atoms with Gasteiger partial charge in [-0.05, 0) is 64.7 Å². The highest BCUT2D eigenvalue weighted by atomic mass is 19.1. The van der Waals surface area contributed by atoms with E-state index < -0.39 is 11.4 Å². The summed E-state index contributed by atoms with van der Waals surface area (Å²) in [5.41, 5.74) is 0.0613. The Morgan fingerprint density at radius 2 is 1.84 bits per heavy atom. The molecule has 2 fully saturated rings. The summed E-state index contributed by atoms with van der Waals surface area (Å²) in [6, 6.07) is 4.66. The maximum atomic E-state index is 14.7. The number of hydrogen-bond donors (Lipinski definition) is 0. The van der Waals surface area contributed by atoms with Crippen molar-refractivity contribution < 1.29 is 23.1 Å². The summed E-state index contributed by atoms with van der Waals surface area (Å²) in [6.07, 6.45) is 5.63. The largest absolute Gasteiger partial charge is 0.444 e. The van der Waals surface area contributed by atoms with Gasteiger partial charge in [-0.25, -0.2) is 14.2 Å². The van der Waals surface area contributed by atoms with Crippen molar-refractivity contribution in [1.29, 1.82) is 0 Å². The van der Waals surface area contributed by atoms with Gasteiger partial charge in [-0.15, -0.1) is 0 Å². The second-order valence-electron chi connectivity index (χ2n) is 9.20. The summed E-state index contributed by atoms with van der Waals surface area (Å²) >= 11 is 0. The second-order valence-corrected chi connectivity index (χ2v) is 9.20. The van der Waals surface area contributed by atoms with Gasteiger partial charge in [-0.1, -0.05) is 0 Å². The molecule has 2 aliphatic rings. The van der Waals surface area contributed by atoms with Crippen LogP contribution in [0.1, 0.15) is 56.8 Å². The molecule has 0 bridgehead atoms. The number of piperidine rings is 1. The Balaban J connectivity index is 1.45. The number of hydrogen-bond acceptors (Lipinski definition) is 5. The number of benzene rings is 1. The zero-order valence-corrected chi connectivity index (χ0v) is 18.1. The molecule has 4 rings (SSSR count). The number of amides is 2. The molecule has 1 aliphatic heterocycles. The van der Waals surface area contributed by atoms with Crippen LogP contribution in [0.4, 0.5) is 9.18 Å². The molecule has 2 amide bonds. The normalized spacial score (nSPS) is 17.5. The van der Waals surface area contributed by atoms with Gasteiger partial charge in [0, 0.05) is 30.7 Å². The Labute approximate surface area is 181 Å². The Morgan fingerprint density at radius 3 is 2.39 bits per heavy atom. The third-order valence-electron chi connectivity index (χ3n) is 5.60. The van der Waals surface area contributed by atoms with Gasteiger partial charge in [0.25, 0.3) is 5.91 Å². The first-order valence-electron chi connectivity index (χ1n) is 10.7. The van der Waals surface area contributed by atoms with Crippen LogP contribution in [0.15, 0.2) is 35.2 Å². The topological polar surface area (TPSA) is 75.9 Å². The predicted molar refractivity (Wildman–Crippen MR) is 112 cm³/mol. The fraction of sp³-hybridized carbons (Fsp3) is 0.522. The van der Waals surface area contributed by atoms with E-state index in [0.29, 0.717) is 37.3 Å². The zero-order chi connectivity index (χ0) is 22.2. The molecule has 31 heavy (non-hydrogen) atoms. The number of nitrogens with zero attached hydrogens (tertiary/aromatic N) is 3. The predicted octanol–water partition coefficient (Wildman–Crippen LogP) is 4.48. The van der Waals surface area contributed by atoms with E-state index in [9.17, 15) is 14.0 Å². The molecule has 2 heterocycles. The van der Waals surface area contributed by atoms with E-state index in [1.165, 1.54) is 18.7 Å². The van der Waals surface area contributed by atoms with Crippen LogP contribution in [0, 0.1) is 5.82 Å². The van der Waals surface area contributed by atoms with Gasteiger partial charge in [0.15, 0.2) is 12.2 Å². The van der Waals surface area contributed by atoms with Crippen LogP contribution in [0.3, 0.4) is 0 Å². The molecule has 2 aromatic rings. The Bertz CT molecular complexity index is 942. The average molecular weight is 429 g/mol. The molecule has 0 spiro atoms. The van der Waals surface area contributed by atoms with Crippen molar-refractivity contribution in [1.82, 2.24) is 14.8 Å². The van der Waals surface area contributed by atoms with E-state index in [4.69, 9.17) is 9.15 Å². The molecule has 1 aromatic carbocycles. The summed E-state index contributed by atoms with van der Waals surface area (Å²) in [5.74, 6) is -0.357. The lowest BCUT2D eigenvalue weighted by molar-refractivity contribution is 0.0142. The number of rotatable bonds is 4. The molecule has 7 nitrogen and oxygen atoms in total. The Kier molecular flexibility index (Phi) is 5.73. The smallest absolute Gasteiger partial charge is 0.410 e. The van der Waals surface area contributed by atoms with Crippen LogP contribution >= 0.6 is 0 Å². The first-order valence-corrected chi connectivity index (χ1v) is 10.7. The number of aromatic nitrogens is 1. The quantitative estimate of drug-likeness (QED) is 0.716. The van der Waals surface area contributed by atoms with Crippen LogP contribution in [-0.4, -0.2) is 57.6 Å². The molecule has 1 aliphatic carbocycles. The van der Waals surface area contributed by atoms with Crippen LogP contribution in [0.25, 0.3) is 11.3 Å². The van der Waals surface area contributed by atoms with Crippen molar-refractivity contribution in [3.05, 3.63) is 42.2 Å². The summed E-state index contributed by atoms with van der Waals surface area (Å²) in [6.45, 7) is 6.61. The highest BCUT2D eigenvalue weighted by Crippen LogP contribution is 2.34. The van der Waals surface area contributed by atoms with E-state index in [1.54, 1.807) is 17.0 Å². The van der Waals surface area contributed by atoms with Gasteiger partial charge in [0.2, 0.25) is 0 Å². The van der Waals surface area contributed by atoms with Gasteiger partial charge in [-0.2, -0.15) is 0 Å². The first kappa shape index (κ1) is 21.3. The fourth-order valence-electron chi connectivity index (χ4n) is 3.98.